The second-order valence-corrected chi connectivity index (χ2v) is 6.25. The Bertz CT molecular complexity index is 778. The first kappa shape index (κ1) is 15.7. The number of nitrogens with zero attached hydrogens (tertiary/aromatic N) is 4. The van der Waals surface area contributed by atoms with Gasteiger partial charge in [0.1, 0.15) is 5.82 Å². The molecule has 0 bridgehead atoms. The number of pyridine rings is 1. The van der Waals surface area contributed by atoms with Crippen LogP contribution in [-0.2, 0) is 13.1 Å². The molecule has 1 unspecified atom stereocenters. The minimum absolute atomic E-state index is 0.515. The molecule has 0 saturated heterocycles. The summed E-state index contributed by atoms with van der Waals surface area (Å²) in [4.78, 5) is 11.1. The van der Waals surface area contributed by atoms with Gasteiger partial charge < -0.3 is 4.57 Å². The van der Waals surface area contributed by atoms with E-state index in [2.05, 4.69) is 70.8 Å². The lowest BCUT2D eigenvalue weighted by molar-refractivity contribution is 0.230. The van der Waals surface area contributed by atoms with Gasteiger partial charge in [0.2, 0.25) is 0 Å². The van der Waals surface area contributed by atoms with Crippen molar-refractivity contribution in [1.29, 1.82) is 0 Å². The van der Waals surface area contributed by atoms with E-state index in [1.54, 1.807) is 0 Å². The molecule has 4 nitrogen and oxygen atoms in total. The molecular formula is C19H24N4. The third kappa shape index (κ3) is 3.77. The van der Waals surface area contributed by atoms with Gasteiger partial charge in [-0.05, 0) is 51.1 Å². The minimum Gasteiger partial charge on any atom is -0.335 e. The highest BCUT2D eigenvalue weighted by molar-refractivity contribution is 5.78. The van der Waals surface area contributed by atoms with E-state index < -0.39 is 0 Å². The van der Waals surface area contributed by atoms with E-state index in [-0.39, 0.29) is 0 Å². The lowest BCUT2D eigenvalue weighted by Gasteiger charge is -2.25. The van der Waals surface area contributed by atoms with Crippen LogP contribution in [0.4, 0.5) is 0 Å². The minimum atomic E-state index is 0.515. The van der Waals surface area contributed by atoms with Crippen LogP contribution in [0.5, 0.6) is 0 Å². The molecule has 0 aliphatic carbocycles. The Morgan fingerprint density at radius 2 is 2.04 bits per heavy atom. The number of rotatable bonds is 6. The molecule has 0 aliphatic rings. The molecule has 1 aromatic carbocycles. The molecule has 0 amide bonds. The number of benzene rings is 1. The van der Waals surface area contributed by atoms with Crippen molar-refractivity contribution in [1.82, 2.24) is 19.4 Å². The first-order valence-electron chi connectivity index (χ1n) is 8.15. The molecule has 0 spiro atoms. The molecule has 120 valence electrons. The Kier molecular flexibility index (Phi) is 4.72. The summed E-state index contributed by atoms with van der Waals surface area (Å²) in [5.41, 5.74) is 2.39. The van der Waals surface area contributed by atoms with Gasteiger partial charge in [0.15, 0.2) is 0 Å². The van der Waals surface area contributed by atoms with Crippen molar-refractivity contribution >= 4 is 10.9 Å². The fraction of sp³-hybridized carbons (Fsp3) is 0.368. The summed E-state index contributed by atoms with van der Waals surface area (Å²) >= 11 is 0. The molecule has 3 aromatic rings. The third-order valence-electron chi connectivity index (χ3n) is 4.56. The maximum absolute atomic E-state index is 4.38. The maximum Gasteiger partial charge on any atom is 0.105 e. The summed E-state index contributed by atoms with van der Waals surface area (Å²) in [5, 5.41) is 1.21. The van der Waals surface area contributed by atoms with Crippen molar-refractivity contribution < 1.29 is 0 Å². The number of imidazole rings is 1. The zero-order chi connectivity index (χ0) is 16.2. The van der Waals surface area contributed by atoms with Gasteiger partial charge in [-0.1, -0.05) is 12.1 Å². The Balaban J connectivity index is 1.60. The van der Waals surface area contributed by atoms with Crippen molar-refractivity contribution in [2.45, 2.75) is 39.4 Å². The molecule has 4 heteroatoms. The zero-order valence-electron chi connectivity index (χ0n) is 14.1. The maximum atomic E-state index is 4.38. The Labute approximate surface area is 137 Å². The summed E-state index contributed by atoms with van der Waals surface area (Å²) in [7, 11) is 2.19. The Morgan fingerprint density at radius 1 is 1.17 bits per heavy atom. The number of hydrogen-bond acceptors (Lipinski definition) is 3. The summed E-state index contributed by atoms with van der Waals surface area (Å²) in [5.74, 6) is 1.09. The lowest BCUT2D eigenvalue weighted by Crippen LogP contribution is -2.29. The predicted octanol–water partition coefficient (Wildman–Crippen LogP) is 3.65. The molecule has 0 saturated carbocycles. The molecular weight excluding hydrogens is 284 g/mol. The van der Waals surface area contributed by atoms with Crippen molar-refractivity contribution in [3.63, 3.8) is 0 Å². The molecule has 23 heavy (non-hydrogen) atoms. The molecule has 2 heterocycles. The van der Waals surface area contributed by atoms with Crippen molar-refractivity contribution in [2.75, 3.05) is 7.05 Å². The number of fused-ring (bicyclic) bond motifs is 1. The van der Waals surface area contributed by atoms with Crippen LogP contribution in [0.3, 0.4) is 0 Å². The average Bonchev–Trinajstić information content (AvgIpc) is 2.97. The van der Waals surface area contributed by atoms with E-state index in [1.807, 2.05) is 18.5 Å². The van der Waals surface area contributed by atoms with E-state index in [0.717, 1.165) is 30.9 Å². The van der Waals surface area contributed by atoms with Crippen LogP contribution in [-0.4, -0.2) is 32.5 Å². The second kappa shape index (κ2) is 6.92. The number of aromatic nitrogens is 3. The topological polar surface area (TPSA) is 34.0 Å². The zero-order valence-corrected chi connectivity index (χ0v) is 14.1. The van der Waals surface area contributed by atoms with Gasteiger partial charge in [-0.25, -0.2) is 4.98 Å². The van der Waals surface area contributed by atoms with Crippen molar-refractivity contribution in [2.24, 2.45) is 0 Å². The van der Waals surface area contributed by atoms with Gasteiger partial charge in [-0.3, -0.25) is 9.88 Å². The Morgan fingerprint density at radius 3 is 2.83 bits per heavy atom. The van der Waals surface area contributed by atoms with E-state index in [9.17, 15) is 0 Å². The van der Waals surface area contributed by atoms with Crippen LogP contribution >= 0.6 is 0 Å². The van der Waals surface area contributed by atoms with Gasteiger partial charge in [0.25, 0.3) is 0 Å². The van der Waals surface area contributed by atoms with Crippen LogP contribution in [0.25, 0.3) is 10.9 Å². The molecule has 0 fully saturated rings. The van der Waals surface area contributed by atoms with E-state index in [0.29, 0.717) is 6.04 Å². The number of aryl methyl sites for hydroxylation is 2. The standard InChI is InChI=1S/C19H24N4/c1-15(8-11-23-12-10-20-16(23)2)22(3)14-17-6-7-19-18(13-17)5-4-9-21-19/h4-7,9-10,12-13,15H,8,11,14H2,1-3H3. The summed E-state index contributed by atoms with van der Waals surface area (Å²) in [6, 6.07) is 11.2. The van der Waals surface area contributed by atoms with Gasteiger partial charge in [0.05, 0.1) is 5.52 Å². The lowest BCUT2D eigenvalue weighted by atomic mass is 10.1. The summed E-state index contributed by atoms with van der Waals surface area (Å²) < 4.78 is 2.21. The molecule has 2 aromatic heterocycles. The molecule has 0 N–H and O–H groups in total. The smallest absolute Gasteiger partial charge is 0.105 e. The van der Waals surface area contributed by atoms with Crippen LogP contribution in [0.2, 0.25) is 0 Å². The van der Waals surface area contributed by atoms with Crippen LogP contribution in [0.1, 0.15) is 24.7 Å². The fourth-order valence-corrected chi connectivity index (χ4v) is 2.85. The molecule has 3 rings (SSSR count). The molecule has 0 aliphatic heterocycles. The highest BCUT2D eigenvalue weighted by Crippen LogP contribution is 2.16. The largest absolute Gasteiger partial charge is 0.335 e. The van der Waals surface area contributed by atoms with Crippen molar-refractivity contribution in [3.8, 4) is 0 Å². The monoisotopic (exact) mass is 308 g/mol. The van der Waals surface area contributed by atoms with Crippen LogP contribution in [0, 0.1) is 6.92 Å². The first-order chi connectivity index (χ1) is 11.1. The highest BCUT2D eigenvalue weighted by Gasteiger charge is 2.11. The van der Waals surface area contributed by atoms with E-state index in [1.165, 1.54) is 10.9 Å². The van der Waals surface area contributed by atoms with Gasteiger partial charge in [-0.15, -0.1) is 0 Å². The van der Waals surface area contributed by atoms with E-state index in [4.69, 9.17) is 0 Å². The first-order valence-corrected chi connectivity index (χ1v) is 8.15. The number of hydrogen-bond donors (Lipinski definition) is 0. The van der Waals surface area contributed by atoms with Gasteiger partial charge >= 0.3 is 0 Å². The Hall–Kier alpha value is -2.20. The summed E-state index contributed by atoms with van der Waals surface area (Å²) in [6.45, 7) is 6.31. The SMILES string of the molecule is Cc1nccn1CCC(C)N(C)Cc1ccc2ncccc2c1. The van der Waals surface area contributed by atoms with Gasteiger partial charge in [-0.2, -0.15) is 0 Å². The normalized spacial score (nSPS) is 12.9. The van der Waals surface area contributed by atoms with Crippen LogP contribution < -0.4 is 0 Å². The second-order valence-electron chi connectivity index (χ2n) is 6.25. The van der Waals surface area contributed by atoms with Gasteiger partial charge in [0, 0.05) is 43.1 Å². The van der Waals surface area contributed by atoms with Crippen molar-refractivity contribution in [3.05, 3.63) is 60.3 Å². The predicted molar refractivity (Wildman–Crippen MR) is 94.3 cm³/mol. The molecule has 0 radical (unpaired) electrons. The van der Waals surface area contributed by atoms with E-state index >= 15 is 0 Å². The molecule has 1 atom stereocenters. The summed E-state index contributed by atoms with van der Waals surface area (Å²) in [6.07, 6.45) is 6.88. The highest BCUT2D eigenvalue weighted by atomic mass is 15.1. The quantitative estimate of drug-likeness (QED) is 0.697. The average molecular weight is 308 g/mol. The van der Waals surface area contributed by atoms with Crippen LogP contribution in [0.15, 0.2) is 48.9 Å². The fourth-order valence-electron chi connectivity index (χ4n) is 2.85. The third-order valence-corrected chi connectivity index (χ3v) is 4.56.